The van der Waals surface area contributed by atoms with E-state index in [1.54, 1.807) is 12.1 Å². The minimum absolute atomic E-state index is 0.171. The third kappa shape index (κ3) is 9.66. The van der Waals surface area contributed by atoms with Gasteiger partial charge < -0.3 is 19.5 Å². The van der Waals surface area contributed by atoms with E-state index in [0.29, 0.717) is 5.75 Å². The van der Waals surface area contributed by atoms with E-state index in [-0.39, 0.29) is 25.9 Å². The van der Waals surface area contributed by atoms with Crippen molar-refractivity contribution >= 4 is 20.1 Å². The molecular weight excluding hydrogens is 458 g/mol. The van der Waals surface area contributed by atoms with Crippen molar-refractivity contribution in [1.82, 2.24) is 5.32 Å². The number of nitrogens with one attached hydrogen (secondary N) is 1. The second-order valence-corrected chi connectivity index (χ2v) is 15.1. The Morgan fingerprint density at radius 3 is 1.86 bits per heavy atom. The molecule has 1 amide bonds. The zero-order chi connectivity index (χ0) is 25.1. The van der Waals surface area contributed by atoms with Crippen molar-refractivity contribution in [3.63, 3.8) is 0 Å². The van der Waals surface area contributed by atoms with Crippen molar-refractivity contribution in [2.75, 3.05) is 6.61 Å². The van der Waals surface area contributed by atoms with Crippen molar-refractivity contribution in [2.45, 2.75) is 44.9 Å². The Morgan fingerprint density at radius 1 is 0.771 bits per heavy atom. The standard InChI is InChI=1S/C28H33NO5Si/c1-35(2,3)21-26(29-28(31)34-19-23-12-8-5-9-13-23)24-14-16-25(17-15-24)32-20-27(30)33-18-22-10-6-4-7-11-22/h4-17,26H,18-21H2,1-3H3,(H,29,31). The lowest BCUT2D eigenvalue weighted by molar-refractivity contribution is -0.147. The normalized spacial score (nSPS) is 11.9. The second-order valence-electron chi connectivity index (χ2n) is 9.53. The van der Waals surface area contributed by atoms with E-state index in [9.17, 15) is 9.59 Å². The smallest absolute Gasteiger partial charge is 0.407 e. The van der Waals surface area contributed by atoms with E-state index in [1.807, 2.05) is 72.8 Å². The average Bonchev–Trinajstić information content (AvgIpc) is 2.85. The van der Waals surface area contributed by atoms with Crippen LogP contribution in [-0.4, -0.2) is 26.7 Å². The summed E-state index contributed by atoms with van der Waals surface area (Å²) in [6.07, 6.45) is -0.446. The summed E-state index contributed by atoms with van der Waals surface area (Å²) >= 11 is 0. The van der Waals surface area contributed by atoms with Crippen LogP contribution in [0.5, 0.6) is 5.75 Å². The van der Waals surface area contributed by atoms with Crippen LogP contribution in [0.3, 0.4) is 0 Å². The molecule has 1 N–H and O–H groups in total. The summed E-state index contributed by atoms with van der Waals surface area (Å²) in [6.45, 7) is 7.04. The van der Waals surface area contributed by atoms with Gasteiger partial charge in [0.15, 0.2) is 6.61 Å². The van der Waals surface area contributed by atoms with Crippen LogP contribution >= 0.6 is 0 Å². The fourth-order valence-corrected chi connectivity index (χ4v) is 5.05. The van der Waals surface area contributed by atoms with Gasteiger partial charge in [-0.15, -0.1) is 0 Å². The summed E-state index contributed by atoms with van der Waals surface area (Å²) in [5.74, 6) is 0.126. The summed E-state index contributed by atoms with van der Waals surface area (Å²) in [7, 11) is -1.50. The van der Waals surface area contributed by atoms with E-state index in [1.165, 1.54) is 0 Å². The van der Waals surface area contributed by atoms with E-state index in [0.717, 1.165) is 22.7 Å². The van der Waals surface area contributed by atoms with Crippen LogP contribution in [0.25, 0.3) is 0 Å². The fraction of sp³-hybridized carbons (Fsp3) is 0.286. The van der Waals surface area contributed by atoms with Crippen LogP contribution in [-0.2, 0) is 27.5 Å². The molecule has 3 aromatic rings. The van der Waals surface area contributed by atoms with Gasteiger partial charge in [0.05, 0.1) is 6.04 Å². The van der Waals surface area contributed by atoms with E-state index < -0.39 is 20.1 Å². The molecule has 0 radical (unpaired) electrons. The Hall–Kier alpha value is -3.58. The maximum Gasteiger partial charge on any atom is 0.407 e. The molecule has 7 heteroatoms. The largest absolute Gasteiger partial charge is 0.482 e. The molecule has 0 saturated carbocycles. The molecule has 0 aromatic heterocycles. The Kier molecular flexibility index (Phi) is 9.49. The lowest BCUT2D eigenvalue weighted by Gasteiger charge is -2.26. The van der Waals surface area contributed by atoms with Crippen LogP contribution in [0.4, 0.5) is 4.79 Å². The topological polar surface area (TPSA) is 73.9 Å². The highest BCUT2D eigenvalue weighted by atomic mass is 28.3. The molecule has 35 heavy (non-hydrogen) atoms. The summed E-state index contributed by atoms with van der Waals surface area (Å²) in [6, 6.07) is 27.2. The first-order valence-corrected chi connectivity index (χ1v) is 15.4. The minimum Gasteiger partial charge on any atom is -0.482 e. The lowest BCUT2D eigenvalue weighted by atomic mass is 10.1. The van der Waals surface area contributed by atoms with Gasteiger partial charge in [-0.05, 0) is 34.9 Å². The molecule has 0 heterocycles. The highest BCUT2D eigenvalue weighted by molar-refractivity contribution is 6.76. The number of carbonyl (C=O) groups excluding carboxylic acids is 2. The number of esters is 1. The molecule has 0 saturated heterocycles. The van der Waals surface area contributed by atoms with Gasteiger partial charge in [-0.2, -0.15) is 0 Å². The summed E-state index contributed by atoms with van der Waals surface area (Å²) in [4.78, 5) is 24.5. The van der Waals surface area contributed by atoms with E-state index in [4.69, 9.17) is 14.2 Å². The SMILES string of the molecule is C[Si](C)(C)CC(NC(=O)OCc1ccccc1)c1ccc(OCC(=O)OCc2ccccc2)cc1. The predicted molar refractivity (Wildman–Crippen MR) is 139 cm³/mol. The predicted octanol–water partition coefficient (Wildman–Crippen LogP) is 6.11. The van der Waals surface area contributed by atoms with Gasteiger partial charge in [0.1, 0.15) is 19.0 Å². The zero-order valence-corrected chi connectivity index (χ0v) is 21.5. The highest BCUT2D eigenvalue weighted by Gasteiger charge is 2.24. The summed E-state index contributed by atoms with van der Waals surface area (Å²) in [5.41, 5.74) is 2.82. The van der Waals surface area contributed by atoms with Crippen molar-refractivity contribution in [3.05, 3.63) is 102 Å². The Balaban J connectivity index is 1.53. The highest BCUT2D eigenvalue weighted by Crippen LogP contribution is 2.26. The van der Waals surface area contributed by atoms with Gasteiger partial charge in [-0.3, -0.25) is 0 Å². The zero-order valence-electron chi connectivity index (χ0n) is 20.5. The molecule has 0 bridgehead atoms. The number of hydrogen-bond donors (Lipinski definition) is 1. The summed E-state index contributed by atoms with van der Waals surface area (Å²) < 4.78 is 16.3. The molecule has 3 rings (SSSR count). The Morgan fingerprint density at radius 2 is 1.31 bits per heavy atom. The van der Waals surface area contributed by atoms with Crippen molar-refractivity contribution in [2.24, 2.45) is 0 Å². The fourth-order valence-electron chi connectivity index (χ4n) is 3.49. The van der Waals surface area contributed by atoms with Gasteiger partial charge in [-0.25, -0.2) is 9.59 Å². The molecule has 1 unspecified atom stereocenters. The molecule has 0 aliphatic carbocycles. The number of carbonyl (C=O) groups is 2. The first kappa shape index (κ1) is 26.0. The van der Waals surface area contributed by atoms with Crippen LogP contribution in [0, 0.1) is 0 Å². The van der Waals surface area contributed by atoms with Crippen molar-refractivity contribution in [3.8, 4) is 5.75 Å². The van der Waals surface area contributed by atoms with Crippen molar-refractivity contribution in [1.29, 1.82) is 0 Å². The molecule has 1 atom stereocenters. The molecule has 6 nitrogen and oxygen atoms in total. The molecule has 0 spiro atoms. The van der Waals surface area contributed by atoms with Gasteiger partial charge in [-0.1, -0.05) is 92.4 Å². The second kappa shape index (κ2) is 12.8. The van der Waals surface area contributed by atoms with Gasteiger partial charge in [0.2, 0.25) is 0 Å². The Bertz CT molecular complexity index is 1070. The number of benzene rings is 3. The van der Waals surface area contributed by atoms with Crippen LogP contribution in [0.15, 0.2) is 84.9 Å². The van der Waals surface area contributed by atoms with Gasteiger partial charge in [0, 0.05) is 8.07 Å². The lowest BCUT2D eigenvalue weighted by Crippen LogP contribution is -2.34. The molecule has 0 aliphatic rings. The van der Waals surface area contributed by atoms with Crippen LogP contribution < -0.4 is 10.1 Å². The number of rotatable bonds is 11. The van der Waals surface area contributed by atoms with E-state index >= 15 is 0 Å². The average molecular weight is 492 g/mol. The number of amides is 1. The van der Waals surface area contributed by atoms with Gasteiger partial charge >= 0.3 is 12.1 Å². The number of hydrogen-bond acceptors (Lipinski definition) is 5. The summed E-state index contributed by atoms with van der Waals surface area (Å²) in [5, 5.41) is 3.02. The maximum atomic E-state index is 12.5. The van der Waals surface area contributed by atoms with Crippen LogP contribution in [0.2, 0.25) is 25.7 Å². The number of alkyl carbamates (subject to hydrolysis) is 1. The molecular formula is C28H33NO5Si. The number of ether oxygens (including phenoxy) is 3. The monoisotopic (exact) mass is 491 g/mol. The maximum absolute atomic E-state index is 12.5. The van der Waals surface area contributed by atoms with Gasteiger partial charge in [0.25, 0.3) is 0 Å². The molecule has 0 aliphatic heterocycles. The molecule has 3 aromatic carbocycles. The first-order chi connectivity index (χ1) is 16.8. The first-order valence-electron chi connectivity index (χ1n) is 11.7. The van der Waals surface area contributed by atoms with Crippen LogP contribution in [0.1, 0.15) is 22.7 Å². The van der Waals surface area contributed by atoms with Crippen molar-refractivity contribution < 1.29 is 23.8 Å². The third-order valence-corrected chi connectivity index (χ3v) is 6.84. The Labute approximate surface area is 208 Å². The minimum atomic E-state index is -1.50. The molecule has 0 fully saturated rings. The molecule has 184 valence electrons. The third-order valence-electron chi connectivity index (χ3n) is 5.20. The quantitative estimate of drug-likeness (QED) is 0.259. The van der Waals surface area contributed by atoms with E-state index in [2.05, 4.69) is 25.0 Å².